The van der Waals surface area contributed by atoms with E-state index in [0.29, 0.717) is 16.6 Å². The van der Waals surface area contributed by atoms with Crippen LogP contribution in [-0.4, -0.2) is 15.7 Å². The zero-order chi connectivity index (χ0) is 15.7. The molecular weight excluding hydrogens is 339 g/mol. The number of hydrogen-bond donors (Lipinski definition) is 2. The van der Waals surface area contributed by atoms with Crippen LogP contribution in [0.1, 0.15) is 27.3 Å². The molecule has 112 valence electrons. The number of benzene rings is 1. The van der Waals surface area contributed by atoms with Gasteiger partial charge >= 0.3 is 0 Å². The molecular formula is C14H16BrFN4O. The molecule has 1 heterocycles. The van der Waals surface area contributed by atoms with Gasteiger partial charge in [0.25, 0.3) is 5.91 Å². The lowest BCUT2D eigenvalue weighted by atomic mass is 10.1. The second-order valence-corrected chi connectivity index (χ2v) is 5.66. The van der Waals surface area contributed by atoms with Crippen LogP contribution in [0, 0.1) is 19.7 Å². The smallest absolute Gasteiger partial charge is 0.252 e. The topological polar surface area (TPSA) is 72.9 Å². The number of carbonyl (C=O) groups excluding carboxylic acids is 1. The molecule has 0 fully saturated rings. The first-order valence-electron chi connectivity index (χ1n) is 6.33. The Kier molecular flexibility index (Phi) is 4.32. The third-order valence-corrected chi connectivity index (χ3v) is 4.07. The molecule has 21 heavy (non-hydrogen) atoms. The van der Waals surface area contributed by atoms with E-state index in [-0.39, 0.29) is 11.6 Å². The average molecular weight is 355 g/mol. The number of nitrogen functional groups attached to an aromatic ring is 1. The van der Waals surface area contributed by atoms with E-state index >= 15 is 0 Å². The van der Waals surface area contributed by atoms with Gasteiger partial charge in [-0.1, -0.05) is 0 Å². The van der Waals surface area contributed by atoms with Crippen molar-refractivity contribution < 1.29 is 9.18 Å². The Morgan fingerprint density at radius 1 is 1.48 bits per heavy atom. The summed E-state index contributed by atoms with van der Waals surface area (Å²) in [6.45, 7) is 4.18. The van der Waals surface area contributed by atoms with Gasteiger partial charge < -0.3 is 11.1 Å². The summed E-state index contributed by atoms with van der Waals surface area (Å²) in [7, 11) is 1.85. The highest BCUT2D eigenvalue weighted by Gasteiger charge is 2.15. The minimum Gasteiger partial charge on any atom is -0.396 e. The number of anilines is 1. The molecule has 0 bridgehead atoms. The van der Waals surface area contributed by atoms with Gasteiger partial charge in [0.2, 0.25) is 0 Å². The molecule has 2 aromatic rings. The van der Waals surface area contributed by atoms with E-state index in [2.05, 4.69) is 26.3 Å². The van der Waals surface area contributed by atoms with Crippen LogP contribution in [0.25, 0.3) is 0 Å². The number of carbonyl (C=O) groups is 1. The van der Waals surface area contributed by atoms with Crippen LogP contribution in [0.2, 0.25) is 0 Å². The standard InChI is InChI=1S/C14H16BrFN4O/c1-7-10(8(2)20(3)19-7)6-18-14(21)9-4-13(17)12(16)5-11(9)15/h4-5H,6,17H2,1-3H3,(H,18,21). The molecule has 0 aliphatic rings. The van der Waals surface area contributed by atoms with Gasteiger partial charge in [-0.15, -0.1) is 0 Å². The van der Waals surface area contributed by atoms with E-state index in [0.717, 1.165) is 17.0 Å². The Morgan fingerprint density at radius 2 is 2.14 bits per heavy atom. The fraction of sp³-hybridized carbons (Fsp3) is 0.286. The highest BCUT2D eigenvalue weighted by atomic mass is 79.9. The van der Waals surface area contributed by atoms with Crippen molar-refractivity contribution >= 4 is 27.5 Å². The second-order valence-electron chi connectivity index (χ2n) is 4.81. The molecule has 2 rings (SSSR count). The zero-order valence-electron chi connectivity index (χ0n) is 12.0. The summed E-state index contributed by atoms with van der Waals surface area (Å²) in [4.78, 5) is 12.2. The lowest BCUT2D eigenvalue weighted by molar-refractivity contribution is 0.0950. The fourth-order valence-electron chi connectivity index (χ4n) is 2.08. The van der Waals surface area contributed by atoms with Crippen LogP contribution in [0.5, 0.6) is 0 Å². The van der Waals surface area contributed by atoms with E-state index in [1.54, 1.807) is 4.68 Å². The quantitative estimate of drug-likeness (QED) is 0.831. The van der Waals surface area contributed by atoms with Gasteiger partial charge in [-0.25, -0.2) is 4.39 Å². The number of aryl methyl sites for hydroxylation is 2. The van der Waals surface area contributed by atoms with E-state index in [1.807, 2.05) is 20.9 Å². The number of aromatic nitrogens is 2. The van der Waals surface area contributed by atoms with E-state index < -0.39 is 5.82 Å². The van der Waals surface area contributed by atoms with Gasteiger partial charge in [0.1, 0.15) is 5.82 Å². The van der Waals surface area contributed by atoms with Crippen molar-refractivity contribution in [1.29, 1.82) is 0 Å². The molecule has 1 aromatic heterocycles. The highest BCUT2D eigenvalue weighted by molar-refractivity contribution is 9.10. The Bertz CT molecular complexity index is 711. The minimum absolute atomic E-state index is 0.0583. The number of amides is 1. The summed E-state index contributed by atoms with van der Waals surface area (Å²) in [6, 6.07) is 2.50. The number of rotatable bonds is 3. The van der Waals surface area contributed by atoms with Gasteiger partial charge in [-0.05, 0) is 41.9 Å². The van der Waals surface area contributed by atoms with Crippen molar-refractivity contribution in [3.8, 4) is 0 Å². The van der Waals surface area contributed by atoms with E-state index in [1.165, 1.54) is 12.1 Å². The molecule has 1 aromatic carbocycles. The molecule has 0 aliphatic heterocycles. The summed E-state index contributed by atoms with van der Waals surface area (Å²) in [5.74, 6) is -0.881. The van der Waals surface area contributed by atoms with Crippen molar-refractivity contribution in [3.63, 3.8) is 0 Å². The Balaban J connectivity index is 2.17. The van der Waals surface area contributed by atoms with E-state index in [4.69, 9.17) is 5.73 Å². The summed E-state index contributed by atoms with van der Waals surface area (Å²) in [5, 5.41) is 7.09. The molecule has 1 amide bonds. The summed E-state index contributed by atoms with van der Waals surface area (Å²) < 4.78 is 15.4. The van der Waals surface area contributed by atoms with Gasteiger partial charge in [-0.3, -0.25) is 9.48 Å². The lowest BCUT2D eigenvalue weighted by Crippen LogP contribution is -2.24. The predicted molar refractivity (Wildman–Crippen MR) is 82.4 cm³/mol. The van der Waals surface area contributed by atoms with Crippen molar-refractivity contribution in [2.45, 2.75) is 20.4 Å². The van der Waals surface area contributed by atoms with Gasteiger partial charge in [0, 0.05) is 29.3 Å². The molecule has 0 atom stereocenters. The predicted octanol–water partition coefficient (Wildman–Crippen LogP) is 2.45. The third kappa shape index (κ3) is 3.07. The average Bonchev–Trinajstić information content (AvgIpc) is 2.65. The summed E-state index contributed by atoms with van der Waals surface area (Å²) in [6.07, 6.45) is 0. The van der Waals surface area contributed by atoms with E-state index in [9.17, 15) is 9.18 Å². The molecule has 3 N–H and O–H groups in total. The molecule has 0 saturated heterocycles. The van der Waals surface area contributed by atoms with Crippen LogP contribution in [0.4, 0.5) is 10.1 Å². The van der Waals surface area contributed by atoms with Crippen LogP contribution < -0.4 is 11.1 Å². The molecule has 0 spiro atoms. The lowest BCUT2D eigenvalue weighted by Gasteiger charge is -2.09. The van der Waals surface area contributed by atoms with Crippen LogP contribution >= 0.6 is 15.9 Å². The summed E-state index contributed by atoms with van der Waals surface area (Å²) in [5.41, 5.74) is 8.57. The Labute approximate surface area is 130 Å². The minimum atomic E-state index is -0.558. The number of nitrogens with two attached hydrogens (primary N) is 1. The zero-order valence-corrected chi connectivity index (χ0v) is 13.6. The number of hydrogen-bond acceptors (Lipinski definition) is 3. The molecule has 5 nitrogen and oxygen atoms in total. The van der Waals surface area contributed by atoms with Crippen molar-refractivity contribution in [3.05, 3.63) is 44.9 Å². The maximum atomic E-state index is 13.3. The van der Waals surface area contributed by atoms with Crippen LogP contribution in [-0.2, 0) is 13.6 Å². The molecule has 7 heteroatoms. The number of nitrogens with one attached hydrogen (secondary N) is 1. The van der Waals surface area contributed by atoms with Gasteiger partial charge in [0.15, 0.2) is 0 Å². The highest BCUT2D eigenvalue weighted by Crippen LogP contribution is 2.23. The maximum Gasteiger partial charge on any atom is 0.252 e. The first-order valence-corrected chi connectivity index (χ1v) is 7.12. The molecule has 0 saturated carbocycles. The van der Waals surface area contributed by atoms with Crippen molar-refractivity contribution in [2.75, 3.05) is 5.73 Å². The van der Waals surface area contributed by atoms with Crippen LogP contribution in [0.15, 0.2) is 16.6 Å². The third-order valence-electron chi connectivity index (χ3n) is 3.42. The first kappa shape index (κ1) is 15.5. The van der Waals surface area contributed by atoms with Crippen molar-refractivity contribution in [2.24, 2.45) is 7.05 Å². The monoisotopic (exact) mass is 354 g/mol. The Morgan fingerprint density at radius 3 is 2.71 bits per heavy atom. The van der Waals surface area contributed by atoms with Gasteiger partial charge in [-0.2, -0.15) is 5.10 Å². The SMILES string of the molecule is Cc1nn(C)c(C)c1CNC(=O)c1cc(N)c(F)cc1Br. The number of nitrogens with zero attached hydrogens (tertiary/aromatic N) is 2. The Hall–Kier alpha value is -1.89. The van der Waals surface area contributed by atoms with Crippen LogP contribution in [0.3, 0.4) is 0 Å². The maximum absolute atomic E-state index is 13.3. The normalized spacial score (nSPS) is 10.7. The first-order chi connectivity index (χ1) is 9.81. The number of halogens is 2. The molecule has 0 aliphatic carbocycles. The van der Waals surface area contributed by atoms with Crippen molar-refractivity contribution in [1.82, 2.24) is 15.1 Å². The molecule has 0 radical (unpaired) electrons. The second kappa shape index (κ2) is 5.85. The molecule has 0 unspecified atom stereocenters. The summed E-state index contributed by atoms with van der Waals surface area (Å²) >= 11 is 3.17. The van der Waals surface area contributed by atoms with Gasteiger partial charge in [0.05, 0.1) is 16.9 Å². The fourth-order valence-corrected chi connectivity index (χ4v) is 2.57. The largest absolute Gasteiger partial charge is 0.396 e.